The Morgan fingerprint density at radius 1 is 1.21 bits per heavy atom. The zero-order chi connectivity index (χ0) is 21.2. The fraction of sp³-hybridized carbons (Fsp3) is 0.368. The van der Waals surface area contributed by atoms with E-state index in [4.69, 9.17) is 4.74 Å². The molecule has 3 aromatic heterocycles. The second-order valence-electron chi connectivity index (χ2n) is 6.78. The fourth-order valence-corrected chi connectivity index (χ4v) is 3.34. The first-order valence-corrected chi connectivity index (χ1v) is 9.60. The Morgan fingerprint density at radius 2 is 1.97 bits per heavy atom. The number of hydrogen-bond donors (Lipinski definition) is 0. The van der Waals surface area contributed by atoms with Crippen molar-refractivity contribution in [2.45, 2.75) is 32.5 Å². The predicted molar refractivity (Wildman–Crippen MR) is 105 cm³/mol. The SMILES string of the molecule is CC(C)Oc1cnc(-c2nsc(Cc3ncccc3N(C)C)n2)cc1C(F)(F)F. The van der Waals surface area contributed by atoms with Crippen LogP contribution in [0.3, 0.4) is 0 Å². The minimum absolute atomic E-state index is 0.0461. The van der Waals surface area contributed by atoms with Crippen LogP contribution in [0.2, 0.25) is 0 Å². The van der Waals surface area contributed by atoms with Crippen molar-refractivity contribution in [1.29, 1.82) is 0 Å². The maximum absolute atomic E-state index is 13.4. The van der Waals surface area contributed by atoms with Gasteiger partial charge in [-0.3, -0.25) is 4.98 Å². The molecule has 0 bridgehead atoms. The molecule has 0 aliphatic rings. The molecule has 0 spiro atoms. The third-order valence-electron chi connectivity index (χ3n) is 3.90. The molecule has 0 N–H and O–H groups in total. The van der Waals surface area contributed by atoms with Crippen LogP contribution < -0.4 is 9.64 Å². The minimum atomic E-state index is -4.57. The van der Waals surface area contributed by atoms with Crippen LogP contribution >= 0.6 is 11.5 Å². The highest BCUT2D eigenvalue weighted by Gasteiger charge is 2.35. The summed E-state index contributed by atoms with van der Waals surface area (Å²) < 4.78 is 49.8. The molecule has 0 aliphatic heterocycles. The molecule has 6 nitrogen and oxygen atoms in total. The summed E-state index contributed by atoms with van der Waals surface area (Å²) in [4.78, 5) is 14.8. The number of nitrogens with zero attached hydrogens (tertiary/aromatic N) is 5. The Balaban J connectivity index is 1.91. The number of ether oxygens (including phenoxy) is 1. The largest absolute Gasteiger partial charge is 0.489 e. The Labute approximate surface area is 170 Å². The Morgan fingerprint density at radius 3 is 2.62 bits per heavy atom. The summed E-state index contributed by atoms with van der Waals surface area (Å²) in [6.07, 6.45) is -1.80. The van der Waals surface area contributed by atoms with Crippen LogP contribution in [0.4, 0.5) is 18.9 Å². The van der Waals surface area contributed by atoms with E-state index in [-0.39, 0.29) is 17.3 Å². The van der Waals surface area contributed by atoms with Gasteiger partial charge in [0.1, 0.15) is 22.0 Å². The van der Waals surface area contributed by atoms with E-state index >= 15 is 0 Å². The lowest BCUT2D eigenvalue weighted by molar-refractivity contribution is -0.139. The van der Waals surface area contributed by atoms with E-state index in [0.29, 0.717) is 11.4 Å². The zero-order valence-electron chi connectivity index (χ0n) is 16.4. The van der Waals surface area contributed by atoms with Crippen LogP contribution in [0.25, 0.3) is 11.5 Å². The fourth-order valence-electron chi connectivity index (χ4n) is 2.68. The van der Waals surface area contributed by atoms with Crippen molar-refractivity contribution in [3.63, 3.8) is 0 Å². The number of anilines is 1. The van der Waals surface area contributed by atoms with Gasteiger partial charge < -0.3 is 9.64 Å². The normalized spacial score (nSPS) is 11.7. The third-order valence-corrected chi connectivity index (χ3v) is 4.61. The zero-order valence-corrected chi connectivity index (χ0v) is 17.2. The molecule has 0 fully saturated rings. The molecule has 154 valence electrons. The molecule has 0 saturated carbocycles. The molecule has 3 aromatic rings. The molecule has 0 atom stereocenters. The van der Waals surface area contributed by atoms with Crippen molar-refractivity contribution in [1.82, 2.24) is 19.3 Å². The van der Waals surface area contributed by atoms with Crippen LogP contribution in [0.5, 0.6) is 5.75 Å². The quantitative estimate of drug-likeness (QED) is 0.583. The molecule has 0 amide bonds. The van der Waals surface area contributed by atoms with Gasteiger partial charge in [0.15, 0.2) is 5.82 Å². The van der Waals surface area contributed by atoms with Crippen molar-refractivity contribution in [3.05, 3.63) is 46.9 Å². The Bertz CT molecular complexity index is 988. The summed E-state index contributed by atoms with van der Waals surface area (Å²) in [5.74, 6) is -0.162. The average molecular weight is 423 g/mol. The van der Waals surface area contributed by atoms with Crippen molar-refractivity contribution in [2.75, 3.05) is 19.0 Å². The summed E-state index contributed by atoms with van der Waals surface area (Å²) in [5.41, 5.74) is 0.902. The van der Waals surface area contributed by atoms with E-state index in [9.17, 15) is 13.2 Å². The van der Waals surface area contributed by atoms with Gasteiger partial charge in [-0.05, 0) is 43.6 Å². The first-order chi connectivity index (χ1) is 13.6. The molecular formula is C19H20F3N5OS. The van der Waals surface area contributed by atoms with Gasteiger partial charge >= 0.3 is 6.18 Å². The number of rotatable bonds is 6. The van der Waals surface area contributed by atoms with Gasteiger partial charge in [-0.25, -0.2) is 9.97 Å². The first-order valence-electron chi connectivity index (χ1n) is 8.83. The Kier molecular flexibility index (Phi) is 6.02. The van der Waals surface area contributed by atoms with Crippen molar-refractivity contribution >= 4 is 17.2 Å². The van der Waals surface area contributed by atoms with E-state index in [1.165, 1.54) is 0 Å². The summed E-state index contributed by atoms with van der Waals surface area (Å²) in [6, 6.07) is 4.71. The number of halogens is 3. The molecular weight excluding hydrogens is 403 g/mol. The van der Waals surface area contributed by atoms with Crippen LogP contribution in [0.1, 0.15) is 30.1 Å². The van der Waals surface area contributed by atoms with Gasteiger partial charge in [0.2, 0.25) is 0 Å². The van der Waals surface area contributed by atoms with Gasteiger partial charge in [-0.2, -0.15) is 17.5 Å². The average Bonchev–Trinajstić information content (AvgIpc) is 3.09. The highest BCUT2D eigenvalue weighted by atomic mass is 32.1. The highest BCUT2D eigenvalue weighted by Crippen LogP contribution is 2.38. The van der Waals surface area contributed by atoms with Crippen molar-refractivity contribution in [2.24, 2.45) is 0 Å². The smallest absolute Gasteiger partial charge is 0.420 e. The summed E-state index contributed by atoms with van der Waals surface area (Å²) in [5, 5.41) is 0.639. The van der Waals surface area contributed by atoms with Gasteiger partial charge in [-0.15, -0.1) is 0 Å². The maximum Gasteiger partial charge on any atom is 0.420 e. The number of aromatic nitrogens is 4. The standard InChI is InChI=1S/C19H20F3N5OS/c1-11(2)28-16-10-24-14(8-12(16)19(20,21)22)18-25-17(29-26-18)9-13-15(27(3)4)6-5-7-23-13/h5-8,10-11H,9H2,1-4H3. The van der Waals surface area contributed by atoms with Gasteiger partial charge in [-0.1, -0.05) is 0 Å². The molecule has 29 heavy (non-hydrogen) atoms. The van der Waals surface area contributed by atoms with Gasteiger partial charge in [0, 0.05) is 26.7 Å². The molecule has 0 saturated heterocycles. The first kappa shape index (κ1) is 21.0. The molecule has 10 heteroatoms. The molecule has 0 unspecified atom stereocenters. The summed E-state index contributed by atoms with van der Waals surface area (Å²) in [7, 11) is 3.82. The number of hydrogen-bond acceptors (Lipinski definition) is 7. The van der Waals surface area contributed by atoms with Crippen LogP contribution in [0.15, 0.2) is 30.6 Å². The summed E-state index contributed by atoms with van der Waals surface area (Å²) >= 11 is 1.12. The van der Waals surface area contributed by atoms with E-state index in [2.05, 4.69) is 19.3 Å². The number of alkyl halides is 3. The van der Waals surface area contributed by atoms with E-state index < -0.39 is 17.8 Å². The van der Waals surface area contributed by atoms with Crippen LogP contribution in [-0.2, 0) is 12.6 Å². The molecule has 0 aromatic carbocycles. The second-order valence-corrected chi connectivity index (χ2v) is 7.62. The Hall–Kier alpha value is -2.75. The van der Waals surface area contributed by atoms with E-state index in [1.54, 1.807) is 20.0 Å². The number of pyridine rings is 2. The molecule has 3 heterocycles. The van der Waals surface area contributed by atoms with Crippen LogP contribution in [0, 0.1) is 0 Å². The molecule has 0 aliphatic carbocycles. The third kappa shape index (κ3) is 5.00. The van der Waals surface area contributed by atoms with E-state index in [1.807, 2.05) is 31.1 Å². The predicted octanol–water partition coefficient (Wildman–Crippen LogP) is 4.46. The monoisotopic (exact) mass is 423 g/mol. The topological polar surface area (TPSA) is 64.0 Å². The van der Waals surface area contributed by atoms with Crippen LogP contribution in [-0.4, -0.2) is 39.5 Å². The lowest BCUT2D eigenvalue weighted by Crippen LogP contribution is -2.13. The van der Waals surface area contributed by atoms with E-state index in [0.717, 1.165) is 35.2 Å². The highest BCUT2D eigenvalue weighted by molar-refractivity contribution is 7.05. The minimum Gasteiger partial charge on any atom is -0.489 e. The maximum atomic E-state index is 13.4. The van der Waals surface area contributed by atoms with Crippen molar-refractivity contribution < 1.29 is 17.9 Å². The summed E-state index contributed by atoms with van der Waals surface area (Å²) in [6.45, 7) is 3.31. The van der Waals surface area contributed by atoms with Crippen molar-refractivity contribution in [3.8, 4) is 17.3 Å². The molecule has 0 radical (unpaired) electrons. The molecule has 3 rings (SSSR count). The second kappa shape index (κ2) is 8.32. The van der Waals surface area contributed by atoms with Gasteiger partial charge in [0.05, 0.1) is 23.7 Å². The lowest BCUT2D eigenvalue weighted by Gasteiger charge is -2.16. The van der Waals surface area contributed by atoms with Gasteiger partial charge in [0.25, 0.3) is 0 Å². The lowest BCUT2D eigenvalue weighted by atomic mass is 10.2.